The van der Waals surface area contributed by atoms with Crippen LogP contribution in [0, 0.1) is 0 Å². The zero-order chi connectivity index (χ0) is 32.3. The first kappa shape index (κ1) is 30.6. The lowest BCUT2D eigenvalue weighted by Gasteiger charge is -2.61. The molecule has 0 saturated carbocycles. The summed E-state index contributed by atoms with van der Waals surface area (Å²) in [6.07, 6.45) is -4.34. The van der Waals surface area contributed by atoms with Crippen LogP contribution in [-0.4, -0.2) is 92.8 Å². The molecule has 4 aliphatic rings. The van der Waals surface area contributed by atoms with Crippen molar-refractivity contribution in [3.8, 4) is 11.5 Å². The van der Waals surface area contributed by atoms with Gasteiger partial charge in [-0.3, -0.25) is 4.79 Å². The molecule has 0 unspecified atom stereocenters. The molecule has 2 aromatic carbocycles. The molecule has 0 amide bonds. The van der Waals surface area contributed by atoms with Crippen molar-refractivity contribution in [3.05, 3.63) is 71.0 Å². The fraction of sp³-hybridized carbons (Fsp3) is 0.438. The number of hydrogen-bond donors (Lipinski definition) is 4. The van der Waals surface area contributed by atoms with Gasteiger partial charge < -0.3 is 44.3 Å². The van der Waals surface area contributed by atoms with Gasteiger partial charge in [0.15, 0.2) is 29.8 Å². The van der Waals surface area contributed by atoms with E-state index in [1.54, 1.807) is 18.2 Å². The maximum Gasteiger partial charge on any atom is 0.349 e. The molecule has 0 aromatic heterocycles. The van der Waals surface area contributed by atoms with Crippen LogP contribution in [0.5, 0.6) is 11.5 Å². The van der Waals surface area contributed by atoms with Crippen molar-refractivity contribution in [2.75, 3.05) is 13.6 Å². The van der Waals surface area contributed by atoms with E-state index in [1.807, 2.05) is 13.1 Å². The number of likely N-dealkylation sites (tertiary alicyclic amines) is 1. The van der Waals surface area contributed by atoms with Gasteiger partial charge in [0.25, 0.3) is 0 Å². The van der Waals surface area contributed by atoms with Crippen molar-refractivity contribution in [2.24, 2.45) is 0 Å². The maximum absolute atomic E-state index is 13.0. The number of likely N-dealkylation sites (N-methyl/N-ethyl adjacent to an activating group) is 1. The zero-order valence-electron chi connectivity index (χ0n) is 24.5. The number of piperidine rings is 1. The van der Waals surface area contributed by atoms with Crippen molar-refractivity contribution in [3.63, 3.8) is 0 Å². The highest BCUT2D eigenvalue weighted by atomic mass is 16.6. The number of carboxylic acid groups (broad SMARTS) is 1. The third-order valence-electron chi connectivity index (χ3n) is 9.40. The van der Waals surface area contributed by atoms with E-state index in [-0.39, 0.29) is 35.3 Å². The molecule has 1 saturated heterocycles. The minimum atomic E-state index is -1.99. The van der Waals surface area contributed by atoms with Gasteiger partial charge in [0, 0.05) is 23.6 Å². The summed E-state index contributed by atoms with van der Waals surface area (Å²) in [5, 5.41) is 42.8. The first-order chi connectivity index (χ1) is 21.4. The molecule has 4 N–H and O–H groups in total. The highest BCUT2D eigenvalue weighted by Gasteiger charge is 2.72. The number of aliphatic carboxylic acids is 1. The summed E-state index contributed by atoms with van der Waals surface area (Å²) < 4.78 is 21.8. The van der Waals surface area contributed by atoms with E-state index in [0.29, 0.717) is 24.9 Å². The van der Waals surface area contributed by atoms with Crippen LogP contribution in [0.15, 0.2) is 54.3 Å². The molecule has 13 nitrogen and oxygen atoms in total. The Hall–Kier alpha value is -4.46. The molecule has 2 aliphatic carbocycles. The summed E-state index contributed by atoms with van der Waals surface area (Å²) in [7, 11) is 1.94. The Bertz CT molecular complexity index is 1590. The number of carbonyl (C=O) groups excluding carboxylic acids is 3. The highest BCUT2D eigenvalue weighted by molar-refractivity contribution is 5.85. The number of aliphatic hydroxyl groups excluding tert-OH is 1. The Morgan fingerprint density at radius 1 is 1.09 bits per heavy atom. The minimum absolute atomic E-state index is 0.0430. The molecule has 6 rings (SSSR count). The van der Waals surface area contributed by atoms with E-state index >= 15 is 0 Å². The second-order valence-corrected chi connectivity index (χ2v) is 11.9. The first-order valence-corrected chi connectivity index (χ1v) is 14.6. The number of phenolic OH excluding ortho intramolecular Hbond substituents is 1. The van der Waals surface area contributed by atoms with Gasteiger partial charge in [-0.05, 0) is 51.1 Å². The molecule has 238 valence electrons. The number of aromatic hydroxyl groups is 1. The van der Waals surface area contributed by atoms with Crippen LogP contribution in [0.25, 0.3) is 0 Å². The lowest BCUT2D eigenvalue weighted by molar-refractivity contribution is -0.178. The van der Waals surface area contributed by atoms with E-state index in [4.69, 9.17) is 18.9 Å². The standard InChI is InChI=1S/C32H33NO12/c1-16(29(39)45-25(28(37)38)17-6-4-3-5-7-17)42-23(36)15-20(35)30(40)43-21-10-11-32(41)22-14-18-8-9-19(34)26-24(18)31(32,27(21)44-26)12-13-33(22)2/h3-10,16,20,22,25,27,34-35,41H,11-15H2,1-2H3,(H,37,38)/t16-,20-,22+,25-,27-,31-,32+/m0/s1. The number of ether oxygens (including phenoxy) is 4. The average molecular weight is 624 g/mol. The Kier molecular flexibility index (Phi) is 7.58. The molecular formula is C32H33NO12. The average Bonchev–Trinajstić information content (AvgIpc) is 3.36. The number of carbonyl (C=O) groups is 4. The summed E-state index contributed by atoms with van der Waals surface area (Å²) >= 11 is 0. The molecular weight excluding hydrogens is 590 g/mol. The van der Waals surface area contributed by atoms with Gasteiger partial charge in [-0.15, -0.1) is 0 Å². The van der Waals surface area contributed by atoms with E-state index in [1.165, 1.54) is 31.2 Å². The summed E-state index contributed by atoms with van der Waals surface area (Å²) in [6, 6.07) is 10.8. The number of esters is 3. The van der Waals surface area contributed by atoms with E-state index in [2.05, 4.69) is 4.90 Å². The van der Waals surface area contributed by atoms with Crippen LogP contribution in [0.2, 0.25) is 0 Å². The second kappa shape index (κ2) is 11.2. The van der Waals surface area contributed by atoms with Gasteiger partial charge in [0.2, 0.25) is 6.10 Å². The maximum atomic E-state index is 13.0. The Balaban J connectivity index is 1.12. The smallest absolute Gasteiger partial charge is 0.349 e. The summed E-state index contributed by atoms with van der Waals surface area (Å²) in [5.41, 5.74) is -0.463. The number of rotatable bonds is 9. The first-order valence-electron chi connectivity index (χ1n) is 14.6. The molecule has 0 radical (unpaired) electrons. The zero-order valence-corrected chi connectivity index (χ0v) is 24.5. The third-order valence-corrected chi connectivity index (χ3v) is 9.40. The monoisotopic (exact) mass is 623 g/mol. The Morgan fingerprint density at radius 3 is 2.53 bits per heavy atom. The second-order valence-electron chi connectivity index (χ2n) is 11.9. The lowest BCUT2D eigenvalue weighted by atomic mass is 9.50. The SMILES string of the molecule is C[C@H](OC(=O)C[C@H](O)C(=O)OC1=CC[C@@]2(O)[C@H]3Cc4ccc(O)c5c4[C@@]2(CCN3C)[C@H]1O5)C(=O)O[C@H](C(=O)O)c1ccccc1. The number of phenols is 1. The Labute approximate surface area is 257 Å². The summed E-state index contributed by atoms with van der Waals surface area (Å²) in [6.45, 7) is 1.79. The van der Waals surface area contributed by atoms with Crippen LogP contribution in [0.3, 0.4) is 0 Å². The van der Waals surface area contributed by atoms with Gasteiger partial charge in [0.05, 0.1) is 17.4 Å². The number of aliphatic hydroxyl groups is 2. The number of hydrogen-bond acceptors (Lipinski definition) is 12. The molecule has 2 aliphatic heterocycles. The summed E-state index contributed by atoms with van der Waals surface area (Å²) in [5.74, 6) is -4.71. The van der Waals surface area contributed by atoms with Gasteiger partial charge >= 0.3 is 23.9 Å². The van der Waals surface area contributed by atoms with Crippen LogP contribution in [0.4, 0.5) is 0 Å². The highest BCUT2D eigenvalue weighted by Crippen LogP contribution is 2.65. The van der Waals surface area contributed by atoms with Crippen molar-refractivity contribution < 1.29 is 58.6 Å². The molecule has 1 fully saturated rings. The minimum Gasteiger partial charge on any atom is -0.504 e. The number of carboxylic acids is 1. The Morgan fingerprint density at radius 2 is 1.82 bits per heavy atom. The number of benzene rings is 2. The molecule has 45 heavy (non-hydrogen) atoms. The quantitative estimate of drug-likeness (QED) is 0.231. The van der Waals surface area contributed by atoms with E-state index in [9.17, 15) is 39.6 Å². The molecule has 2 heterocycles. The van der Waals surface area contributed by atoms with Crippen LogP contribution in [-0.2, 0) is 45.2 Å². The normalized spacial score (nSPS) is 28.0. The van der Waals surface area contributed by atoms with Gasteiger partial charge in [-0.2, -0.15) is 0 Å². The van der Waals surface area contributed by atoms with Crippen molar-refractivity contribution in [1.29, 1.82) is 0 Å². The van der Waals surface area contributed by atoms with E-state index < -0.39 is 65.7 Å². The predicted molar refractivity (Wildman–Crippen MR) is 152 cm³/mol. The van der Waals surface area contributed by atoms with Crippen molar-refractivity contribution in [1.82, 2.24) is 4.90 Å². The van der Waals surface area contributed by atoms with Gasteiger partial charge in [0.1, 0.15) is 5.76 Å². The third kappa shape index (κ3) is 4.82. The molecule has 2 aromatic rings. The predicted octanol–water partition coefficient (Wildman–Crippen LogP) is 1.26. The van der Waals surface area contributed by atoms with Crippen LogP contribution >= 0.6 is 0 Å². The number of nitrogens with zero attached hydrogens (tertiary/aromatic N) is 1. The van der Waals surface area contributed by atoms with Gasteiger partial charge in [-0.1, -0.05) is 36.4 Å². The van der Waals surface area contributed by atoms with Crippen LogP contribution in [0.1, 0.15) is 49.0 Å². The molecule has 2 bridgehead atoms. The molecule has 13 heteroatoms. The van der Waals surface area contributed by atoms with Gasteiger partial charge in [-0.25, -0.2) is 14.4 Å². The topological polar surface area (TPSA) is 189 Å². The largest absolute Gasteiger partial charge is 0.504 e. The van der Waals surface area contributed by atoms with Crippen molar-refractivity contribution in [2.45, 2.75) is 74.1 Å². The fourth-order valence-electron chi connectivity index (χ4n) is 7.26. The van der Waals surface area contributed by atoms with Crippen molar-refractivity contribution >= 4 is 23.9 Å². The molecule has 7 atom stereocenters. The van der Waals surface area contributed by atoms with Crippen LogP contribution < -0.4 is 4.74 Å². The van der Waals surface area contributed by atoms with E-state index in [0.717, 1.165) is 5.56 Å². The molecule has 1 spiro atoms. The lowest BCUT2D eigenvalue weighted by Crippen LogP contribution is -2.74. The fourth-order valence-corrected chi connectivity index (χ4v) is 7.26. The summed E-state index contributed by atoms with van der Waals surface area (Å²) in [4.78, 5) is 51.7.